The van der Waals surface area contributed by atoms with E-state index in [1.54, 1.807) is 19.1 Å². The van der Waals surface area contributed by atoms with E-state index in [0.717, 1.165) is 40.0 Å². The fourth-order valence-electron chi connectivity index (χ4n) is 4.71. The molecule has 0 radical (unpaired) electrons. The van der Waals surface area contributed by atoms with Gasteiger partial charge < -0.3 is 10.2 Å². The van der Waals surface area contributed by atoms with Crippen molar-refractivity contribution in [1.29, 1.82) is 0 Å². The minimum Gasteiger partial charge on any atom is -0.326 e. The molecule has 1 aliphatic rings. The molecule has 1 atom stereocenters. The minimum absolute atomic E-state index is 0.114. The molecule has 1 aliphatic heterocycles. The predicted octanol–water partition coefficient (Wildman–Crippen LogP) is 5.05. The van der Waals surface area contributed by atoms with Crippen molar-refractivity contribution in [1.82, 2.24) is 14.9 Å². The first-order valence-corrected chi connectivity index (χ1v) is 15.2. The molecular formula is C29H28N4O4S2. The van der Waals surface area contributed by atoms with Crippen molar-refractivity contribution in [2.24, 2.45) is 0 Å². The molecule has 1 N–H and O–H groups in total. The number of carbonyl (C=O) groups is 2. The van der Waals surface area contributed by atoms with Crippen LogP contribution in [0.4, 0.5) is 5.13 Å². The second-order valence-corrected chi connectivity index (χ2v) is 12.6. The molecule has 0 unspecified atom stereocenters. The molecule has 39 heavy (non-hydrogen) atoms. The van der Waals surface area contributed by atoms with Crippen LogP contribution in [0.3, 0.4) is 0 Å². The molecule has 0 aliphatic carbocycles. The molecular weight excluding hydrogens is 532 g/mol. The first-order chi connectivity index (χ1) is 18.5. The van der Waals surface area contributed by atoms with Gasteiger partial charge >= 0.3 is 0 Å². The average Bonchev–Trinajstić information content (AvgIpc) is 3.30. The van der Waals surface area contributed by atoms with Crippen LogP contribution in [-0.4, -0.2) is 53.9 Å². The van der Waals surface area contributed by atoms with E-state index in [9.17, 15) is 18.0 Å². The van der Waals surface area contributed by atoms with Gasteiger partial charge in [0, 0.05) is 40.7 Å². The van der Waals surface area contributed by atoms with E-state index in [4.69, 9.17) is 0 Å². The Balaban J connectivity index is 1.29. The molecule has 8 nitrogen and oxygen atoms in total. The zero-order valence-corrected chi connectivity index (χ0v) is 23.7. The fraction of sp³-hybridized carbons (Fsp3) is 0.241. The van der Waals surface area contributed by atoms with Crippen LogP contribution in [0, 0.1) is 20.8 Å². The molecule has 1 saturated heterocycles. The van der Waals surface area contributed by atoms with Gasteiger partial charge in [-0.15, -0.1) is 11.3 Å². The van der Waals surface area contributed by atoms with Crippen LogP contribution in [-0.2, 0) is 14.6 Å². The lowest BCUT2D eigenvalue weighted by molar-refractivity contribution is -0.123. The smallest absolute Gasteiger partial charge is 0.254 e. The SMILES string of the molecule is Cc1cc(-c2cccc(-c3csc(NC(=O)[C@@H]4CCN4C(=O)c4ccc(C)c(S(C)(=O)=O)c4)n3)c2)cc(C)n1. The topological polar surface area (TPSA) is 109 Å². The molecule has 1 fully saturated rings. The van der Waals surface area contributed by atoms with Crippen molar-refractivity contribution in [3.63, 3.8) is 0 Å². The van der Waals surface area contributed by atoms with Gasteiger partial charge in [0.15, 0.2) is 15.0 Å². The number of pyridine rings is 1. The highest BCUT2D eigenvalue weighted by molar-refractivity contribution is 7.90. The van der Waals surface area contributed by atoms with Gasteiger partial charge in [-0.1, -0.05) is 24.3 Å². The van der Waals surface area contributed by atoms with Gasteiger partial charge in [-0.25, -0.2) is 13.4 Å². The van der Waals surface area contributed by atoms with Gasteiger partial charge in [-0.2, -0.15) is 0 Å². The van der Waals surface area contributed by atoms with Crippen molar-refractivity contribution in [2.75, 3.05) is 18.1 Å². The lowest BCUT2D eigenvalue weighted by atomic mass is 10.00. The molecule has 0 bridgehead atoms. The highest BCUT2D eigenvalue weighted by Crippen LogP contribution is 2.30. The van der Waals surface area contributed by atoms with Gasteiger partial charge in [0.05, 0.1) is 10.6 Å². The Morgan fingerprint density at radius 3 is 2.33 bits per heavy atom. The van der Waals surface area contributed by atoms with Crippen molar-refractivity contribution in [2.45, 2.75) is 38.1 Å². The summed E-state index contributed by atoms with van der Waals surface area (Å²) >= 11 is 1.32. The van der Waals surface area contributed by atoms with Crippen molar-refractivity contribution < 1.29 is 18.0 Å². The number of rotatable bonds is 6. The maximum absolute atomic E-state index is 13.1. The Kier molecular flexibility index (Phi) is 7.09. The first kappa shape index (κ1) is 26.7. The monoisotopic (exact) mass is 560 g/mol. The molecule has 5 rings (SSSR count). The number of hydrogen-bond donors (Lipinski definition) is 1. The number of nitrogens with one attached hydrogen (secondary N) is 1. The van der Waals surface area contributed by atoms with E-state index in [2.05, 4.69) is 21.4 Å². The number of thiazole rings is 1. The Morgan fingerprint density at radius 2 is 1.67 bits per heavy atom. The van der Waals surface area contributed by atoms with Crippen LogP contribution < -0.4 is 5.32 Å². The van der Waals surface area contributed by atoms with Crippen molar-refractivity contribution in [3.8, 4) is 22.4 Å². The summed E-state index contributed by atoms with van der Waals surface area (Å²) in [6.07, 6.45) is 1.64. The van der Waals surface area contributed by atoms with Gasteiger partial charge in [0.2, 0.25) is 5.91 Å². The lowest BCUT2D eigenvalue weighted by Gasteiger charge is -2.39. The largest absolute Gasteiger partial charge is 0.326 e. The summed E-state index contributed by atoms with van der Waals surface area (Å²) in [4.78, 5) is 36.8. The number of aromatic nitrogens is 2. The van der Waals surface area contributed by atoms with E-state index in [-0.39, 0.29) is 22.3 Å². The standard InChI is InChI=1S/C29H28N4O4S2/c1-17-8-9-22(15-26(17)39(4,36)37)28(35)33-11-10-25(33)27(34)32-29-31-24(16-38-29)21-7-5-6-20(14-21)23-12-18(2)30-19(3)13-23/h5-9,12-16,25H,10-11H2,1-4H3,(H,31,32,34)/t25-/m0/s1. The highest BCUT2D eigenvalue weighted by Gasteiger charge is 2.38. The van der Waals surface area contributed by atoms with Crippen LogP contribution in [0.1, 0.15) is 33.7 Å². The van der Waals surface area contributed by atoms with Crippen molar-refractivity contribution in [3.05, 3.63) is 82.5 Å². The number of carbonyl (C=O) groups excluding carboxylic acids is 2. The third-order valence-corrected chi connectivity index (χ3v) is 8.72. The van der Waals surface area contributed by atoms with Gasteiger partial charge in [0.25, 0.3) is 5.91 Å². The Bertz CT molecular complexity index is 1690. The molecule has 10 heteroatoms. The predicted molar refractivity (Wildman–Crippen MR) is 153 cm³/mol. The van der Waals surface area contributed by atoms with Gasteiger partial charge in [0.1, 0.15) is 6.04 Å². The molecule has 4 aromatic rings. The van der Waals surface area contributed by atoms with E-state index in [1.807, 2.05) is 49.6 Å². The number of hydrogen-bond acceptors (Lipinski definition) is 7. The van der Waals surface area contributed by atoms with E-state index < -0.39 is 15.9 Å². The number of nitrogens with zero attached hydrogens (tertiary/aromatic N) is 3. The van der Waals surface area contributed by atoms with E-state index >= 15 is 0 Å². The maximum Gasteiger partial charge on any atom is 0.254 e. The number of likely N-dealkylation sites (tertiary alicyclic amines) is 1. The third kappa shape index (κ3) is 5.62. The molecule has 200 valence electrons. The van der Waals surface area contributed by atoms with E-state index in [0.29, 0.717) is 23.7 Å². The maximum atomic E-state index is 13.1. The highest BCUT2D eigenvalue weighted by atomic mass is 32.2. The minimum atomic E-state index is -3.48. The summed E-state index contributed by atoms with van der Waals surface area (Å²) in [5, 5.41) is 5.19. The average molecular weight is 561 g/mol. The van der Waals surface area contributed by atoms with Crippen molar-refractivity contribution >= 4 is 38.1 Å². The summed E-state index contributed by atoms with van der Waals surface area (Å²) in [6, 6.07) is 16.1. The van der Waals surface area contributed by atoms with Crippen LogP contribution in [0.2, 0.25) is 0 Å². The van der Waals surface area contributed by atoms with Crippen LogP contribution >= 0.6 is 11.3 Å². The molecule has 2 aromatic carbocycles. The molecule has 0 spiro atoms. The second-order valence-electron chi connectivity index (χ2n) is 9.80. The number of amides is 2. The van der Waals surface area contributed by atoms with Crippen LogP contribution in [0.5, 0.6) is 0 Å². The summed E-state index contributed by atoms with van der Waals surface area (Å²) in [5.74, 6) is -0.688. The summed E-state index contributed by atoms with van der Waals surface area (Å²) in [6.45, 7) is 6.05. The summed E-state index contributed by atoms with van der Waals surface area (Å²) in [7, 11) is -3.48. The van der Waals surface area contributed by atoms with Gasteiger partial charge in [-0.05, 0) is 74.2 Å². The molecule has 3 heterocycles. The zero-order chi connectivity index (χ0) is 27.9. The van der Waals surface area contributed by atoms with Crippen LogP contribution in [0.25, 0.3) is 22.4 Å². The number of benzene rings is 2. The van der Waals surface area contributed by atoms with Gasteiger partial charge in [-0.3, -0.25) is 14.6 Å². The van der Waals surface area contributed by atoms with Crippen LogP contribution in [0.15, 0.2) is 64.9 Å². The number of aryl methyl sites for hydroxylation is 3. The molecule has 0 saturated carbocycles. The zero-order valence-electron chi connectivity index (χ0n) is 22.1. The normalized spacial score (nSPS) is 15.1. The second kappa shape index (κ2) is 10.3. The molecule has 2 amide bonds. The lowest BCUT2D eigenvalue weighted by Crippen LogP contribution is -2.56. The Morgan fingerprint density at radius 1 is 0.949 bits per heavy atom. The fourth-order valence-corrected chi connectivity index (χ4v) is 6.43. The molecule has 2 aromatic heterocycles. The van der Waals surface area contributed by atoms with E-state index in [1.165, 1.54) is 22.3 Å². The quantitative estimate of drug-likeness (QED) is 0.353. The number of sulfone groups is 1. The third-order valence-electron chi connectivity index (χ3n) is 6.73. The Hall–Kier alpha value is -3.89. The Labute approximate surface area is 231 Å². The first-order valence-electron chi connectivity index (χ1n) is 12.4. The summed E-state index contributed by atoms with van der Waals surface area (Å²) < 4.78 is 24.2. The summed E-state index contributed by atoms with van der Waals surface area (Å²) in [5.41, 5.74) is 6.53. The number of anilines is 1.